The highest BCUT2D eigenvalue weighted by atomic mass is 35.5. The summed E-state index contributed by atoms with van der Waals surface area (Å²) in [5.74, 6) is -0.0758. The van der Waals surface area contributed by atoms with Gasteiger partial charge in [0.25, 0.3) is 0 Å². The van der Waals surface area contributed by atoms with Crippen LogP contribution in [0.1, 0.15) is 11.4 Å². The summed E-state index contributed by atoms with van der Waals surface area (Å²) < 4.78 is 1.65. The lowest BCUT2D eigenvalue weighted by atomic mass is 10.1. The van der Waals surface area contributed by atoms with Crippen molar-refractivity contribution in [2.75, 3.05) is 0 Å². The first-order chi connectivity index (χ1) is 8.65. The van der Waals surface area contributed by atoms with E-state index in [4.69, 9.17) is 16.7 Å². The fraction of sp³-hybridized carbons (Fsp3) is 0.231. The van der Waals surface area contributed by atoms with Crippen LogP contribution >= 0.6 is 11.6 Å². The fourth-order valence-electron chi connectivity index (χ4n) is 1.77. The molecule has 0 bridgehead atoms. The number of aryl methyl sites for hydroxylation is 2. The molecule has 1 N–H and O–H groups in total. The van der Waals surface area contributed by atoms with Crippen LogP contribution in [0.3, 0.4) is 0 Å². The van der Waals surface area contributed by atoms with Crippen molar-refractivity contribution in [3.05, 3.63) is 53.1 Å². The SMILES string of the molecule is O=C(O)Cn1ccnc1CCc1ccc(Cl)cc1. The van der Waals surface area contributed by atoms with Crippen molar-refractivity contribution in [3.8, 4) is 0 Å². The van der Waals surface area contributed by atoms with E-state index in [1.54, 1.807) is 17.0 Å². The van der Waals surface area contributed by atoms with Crippen LogP contribution in [-0.2, 0) is 24.2 Å². The number of carboxylic acid groups (broad SMARTS) is 1. The molecular formula is C13H13ClN2O2. The van der Waals surface area contributed by atoms with E-state index in [-0.39, 0.29) is 6.54 Å². The lowest BCUT2D eigenvalue weighted by molar-refractivity contribution is -0.137. The number of hydrogen-bond donors (Lipinski definition) is 1. The van der Waals surface area contributed by atoms with Crippen LogP contribution in [0.2, 0.25) is 5.02 Å². The van der Waals surface area contributed by atoms with Gasteiger partial charge in [0, 0.05) is 23.8 Å². The van der Waals surface area contributed by atoms with Crippen LogP contribution < -0.4 is 0 Å². The van der Waals surface area contributed by atoms with E-state index in [2.05, 4.69) is 4.98 Å². The Labute approximate surface area is 110 Å². The monoisotopic (exact) mass is 264 g/mol. The predicted octanol–water partition coefficient (Wildman–Crippen LogP) is 2.41. The lowest BCUT2D eigenvalue weighted by Gasteiger charge is -2.05. The van der Waals surface area contributed by atoms with Crippen molar-refractivity contribution in [2.24, 2.45) is 0 Å². The van der Waals surface area contributed by atoms with Gasteiger partial charge in [-0.05, 0) is 24.1 Å². The van der Waals surface area contributed by atoms with E-state index in [1.807, 2.05) is 24.3 Å². The summed E-state index contributed by atoms with van der Waals surface area (Å²) in [5.41, 5.74) is 1.16. The van der Waals surface area contributed by atoms with Crippen LogP contribution in [0, 0.1) is 0 Å². The molecule has 0 spiro atoms. The van der Waals surface area contributed by atoms with Gasteiger partial charge >= 0.3 is 5.97 Å². The predicted molar refractivity (Wildman–Crippen MR) is 68.7 cm³/mol. The zero-order valence-corrected chi connectivity index (χ0v) is 10.5. The van der Waals surface area contributed by atoms with Gasteiger partial charge < -0.3 is 9.67 Å². The molecule has 2 rings (SSSR count). The number of nitrogens with zero attached hydrogens (tertiary/aromatic N) is 2. The van der Waals surface area contributed by atoms with Gasteiger partial charge in [0.05, 0.1) is 0 Å². The summed E-state index contributed by atoms with van der Waals surface area (Å²) >= 11 is 5.81. The average Bonchev–Trinajstić information content (AvgIpc) is 2.75. The first-order valence-corrected chi connectivity index (χ1v) is 5.99. The number of aromatic nitrogens is 2. The standard InChI is InChI=1S/C13H13ClN2O2/c14-11-4-1-10(2-5-11)3-6-12-15-7-8-16(12)9-13(17)18/h1-2,4-5,7-8H,3,6,9H2,(H,17,18). The molecular weight excluding hydrogens is 252 g/mol. The van der Waals surface area contributed by atoms with Crippen molar-refractivity contribution in [3.63, 3.8) is 0 Å². The van der Waals surface area contributed by atoms with Crippen LogP contribution in [0.4, 0.5) is 0 Å². The van der Waals surface area contributed by atoms with Crippen molar-refractivity contribution in [1.82, 2.24) is 9.55 Å². The van der Waals surface area contributed by atoms with E-state index in [0.29, 0.717) is 11.4 Å². The largest absolute Gasteiger partial charge is 0.480 e. The Morgan fingerprint density at radius 1 is 1.28 bits per heavy atom. The second-order valence-corrected chi connectivity index (χ2v) is 4.43. The third-order valence-electron chi connectivity index (χ3n) is 2.66. The maximum absolute atomic E-state index is 10.7. The quantitative estimate of drug-likeness (QED) is 0.902. The maximum Gasteiger partial charge on any atom is 0.323 e. The number of aliphatic carboxylic acids is 1. The molecule has 18 heavy (non-hydrogen) atoms. The molecule has 4 nitrogen and oxygen atoms in total. The summed E-state index contributed by atoms with van der Waals surface area (Å²) in [6.45, 7) is -0.0457. The summed E-state index contributed by atoms with van der Waals surface area (Å²) in [6.07, 6.45) is 4.83. The molecule has 0 unspecified atom stereocenters. The van der Waals surface area contributed by atoms with Crippen LogP contribution in [0.15, 0.2) is 36.7 Å². The number of benzene rings is 1. The van der Waals surface area contributed by atoms with E-state index in [1.165, 1.54) is 0 Å². The lowest BCUT2D eigenvalue weighted by Crippen LogP contribution is -2.11. The Kier molecular flexibility index (Phi) is 3.99. The molecule has 0 aliphatic heterocycles. The summed E-state index contributed by atoms with van der Waals surface area (Å²) in [4.78, 5) is 14.8. The van der Waals surface area contributed by atoms with Gasteiger partial charge in [0.2, 0.25) is 0 Å². The van der Waals surface area contributed by atoms with Gasteiger partial charge in [-0.3, -0.25) is 4.79 Å². The maximum atomic E-state index is 10.7. The Morgan fingerprint density at radius 2 is 2.00 bits per heavy atom. The molecule has 1 heterocycles. The van der Waals surface area contributed by atoms with Gasteiger partial charge in [0.15, 0.2) is 0 Å². The van der Waals surface area contributed by atoms with Gasteiger partial charge in [-0.25, -0.2) is 4.98 Å². The van der Waals surface area contributed by atoms with Gasteiger partial charge in [-0.15, -0.1) is 0 Å². The number of halogens is 1. The third kappa shape index (κ3) is 3.34. The van der Waals surface area contributed by atoms with Gasteiger partial charge in [-0.2, -0.15) is 0 Å². The normalized spacial score (nSPS) is 10.5. The average molecular weight is 265 g/mol. The zero-order valence-electron chi connectivity index (χ0n) is 9.71. The minimum atomic E-state index is -0.860. The molecule has 0 radical (unpaired) electrons. The number of imidazole rings is 1. The number of carbonyl (C=O) groups is 1. The number of rotatable bonds is 5. The second kappa shape index (κ2) is 5.69. The zero-order chi connectivity index (χ0) is 13.0. The minimum absolute atomic E-state index is 0.0457. The number of hydrogen-bond acceptors (Lipinski definition) is 2. The van der Waals surface area contributed by atoms with Gasteiger partial charge in [-0.1, -0.05) is 23.7 Å². The molecule has 94 valence electrons. The first-order valence-electron chi connectivity index (χ1n) is 5.61. The van der Waals surface area contributed by atoms with Crippen LogP contribution in [0.25, 0.3) is 0 Å². The van der Waals surface area contributed by atoms with E-state index in [9.17, 15) is 4.79 Å². The minimum Gasteiger partial charge on any atom is -0.480 e. The van der Waals surface area contributed by atoms with Crippen molar-refractivity contribution >= 4 is 17.6 Å². The van der Waals surface area contributed by atoms with Crippen LogP contribution in [0.5, 0.6) is 0 Å². The Bertz CT molecular complexity index is 534. The molecule has 2 aromatic rings. The van der Waals surface area contributed by atoms with Crippen molar-refractivity contribution in [1.29, 1.82) is 0 Å². The summed E-state index contributed by atoms with van der Waals surface area (Å²) in [6, 6.07) is 7.63. The van der Waals surface area contributed by atoms with Crippen molar-refractivity contribution < 1.29 is 9.90 Å². The first kappa shape index (κ1) is 12.6. The van der Waals surface area contributed by atoms with Crippen molar-refractivity contribution in [2.45, 2.75) is 19.4 Å². The van der Waals surface area contributed by atoms with E-state index < -0.39 is 5.97 Å². The Balaban J connectivity index is 1.99. The molecule has 1 aromatic heterocycles. The molecule has 0 aliphatic rings. The number of carboxylic acids is 1. The molecule has 5 heteroatoms. The second-order valence-electron chi connectivity index (χ2n) is 3.99. The summed E-state index contributed by atoms with van der Waals surface area (Å²) in [7, 11) is 0. The molecule has 0 saturated heterocycles. The topological polar surface area (TPSA) is 55.1 Å². The highest BCUT2D eigenvalue weighted by Gasteiger charge is 2.06. The summed E-state index contributed by atoms with van der Waals surface area (Å²) in [5, 5.41) is 9.48. The molecule has 0 atom stereocenters. The van der Waals surface area contributed by atoms with Crippen LogP contribution in [-0.4, -0.2) is 20.6 Å². The van der Waals surface area contributed by atoms with E-state index in [0.717, 1.165) is 17.8 Å². The Hall–Kier alpha value is -1.81. The van der Waals surface area contributed by atoms with Gasteiger partial charge in [0.1, 0.15) is 12.4 Å². The molecule has 0 fully saturated rings. The van der Waals surface area contributed by atoms with E-state index >= 15 is 0 Å². The fourth-order valence-corrected chi connectivity index (χ4v) is 1.89. The smallest absolute Gasteiger partial charge is 0.323 e. The third-order valence-corrected chi connectivity index (χ3v) is 2.91. The molecule has 0 amide bonds. The highest BCUT2D eigenvalue weighted by molar-refractivity contribution is 6.30. The molecule has 0 saturated carbocycles. The Morgan fingerprint density at radius 3 is 2.67 bits per heavy atom. The molecule has 0 aliphatic carbocycles. The molecule has 1 aromatic carbocycles. The highest BCUT2D eigenvalue weighted by Crippen LogP contribution is 2.11.